The molecule has 1 aliphatic heterocycles. The fourth-order valence-electron chi connectivity index (χ4n) is 4.95. The van der Waals surface area contributed by atoms with Crippen molar-refractivity contribution in [2.24, 2.45) is 5.92 Å². The second kappa shape index (κ2) is 14.2. The maximum absolute atomic E-state index is 13.8. The number of amides is 1. The molecule has 2 N–H and O–H groups in total. The lowest BCUT2D eigenvalue weighted by molar-refractivity contribution is 0.0952. The van der Waals surface area contributed by atoms with Gasteiger partial charge in [-0.05, 0) is 107 Å². The van der Waals surface area contributed by atoms with E-state index in [1.807, 2.05) is 24.3 Å². The summed E-state index contributed by atoms with van der Waals surface area (Å²) in [6.45, 7) is 8.51. The molecule has 3 aromatic rings. The topological polar surface area (TPSA) is 91.0 Å². The molecule has 0 aromatic heterocycles. The predicted molar refractivity (Wildman–Crippen MR) is 160 cm³/mol. The van der Waals surface area contributed by atoms with Gasteiger partial charge in [0.1, 0.15) is 0 Å². The van der Waals surface area contributed by atoms with E-state index < -0.39 is 10.0 Å². The van der Waals surface area contributed by atoms with Gasteiger partial charge in [-0.3, -0.25) is 4.79 Å². The highest BCUT2D eigenvalue weighted by molar-refractivity contribution is 7.92. The van der Waals surface area contributed by atoms with E-state index in [0.717, 1.165) is 55.1 Å². The van der Waals surface area contributed by atoms with Crippen LogP contribution in [0.5, 0.6) is 5.75 Å². The SMILES string of the molecule is CCN(CC)c1cccc(ON(c2ccccc2)S(=O)(=O)c2ccc(C(=O)NCCCC3CCNCC3)cc2)c1. The molecule has 1 saturated heterocycles. The first-order chi connectivity index (χ1) is 19.4. The summed E-state index contributed by atoms with van der Waals surface area (Å²) in [6.07, 6.45) is 4.41. The van der Waals surface area contributed by atoms with Crippen LogP contribution in [0.4, 0.5) is 11.4 Å². The maximum atomic E-state index is 13.8. The first-order valence-corrected chi connectivity index (χ1v) is 15.6. The summed E-state index contributed by atoms with van der Waals surface area (Å²) < 4.78 is 28.5. The van der Waals surface area contributed by atoms with Crippen LogP contribution in [0, 0.1) is 5.92 Å². The molecule has 1 aliphatic rings. The van der Waals surface area contributed by atoms with E-state index in [4.69, 9.17) is 4.84 Å². The quantitative estimate of drug-likeness (QED) is 0.218. The highest BCUT2D eigenvalue weighted by Crippen LogP contribution is 2.28. The van der Waals surface area contributed by atoms with Crippen molar-refractivity contribution in [2.75, 3.05) is 42.1 Å². The molecule has 0 bridgehead atoms. The van der Waals surface area contributed by atoms with Gasteiger partial charge >= 0.3 is 0 Å². The van der Waals surface area contributed by atoms with Gasteiger partial charge in [-0.25, -0.2) is 0 Å². The van der Waals surface area contributed by atoms with Crippen molar-refractivity contribution in [3.05, 3.63) is 84.4 Å². The number of anilines is 2. The van der Waals surface area contributed by atoms with Gasteiger partial charge in [-0.15, -0.1) is 0 Å². The van der Waals surface area contributed by atoms with Crippen molar-refractivity contribution in [1.29, 1.82) is 0 Å². The van der Waals surface area contributed by atoms with Crippen molar-refractivity contribution in [1.82, 2.24) is 10.6 Å². The summed E-state index contributed by atoms with van der Waals surface area (Å²) in [7, 11) is -4.11. The molecule has 3 aromatic carbocycles. The van der Waals surface area contributed by atoms with Gasteiger partial charge in [-0.2, -0.15) is 8.42 Å². The van der Waals surface area contributed by atoms with Crippen LogP contribution < -0.4 is 24.8 Å². The lowest BCUT2D eigenvalue weighted by atomic mass is 9.93. The molecule has 8 nitrogen and oxygen atoms in total. The molecular formula is C31H40N4O4S. The van der Waals surface area contributed by atoms with Crippen LogP contribution in [0.2, 0.25) is 0 Å². The minimum absolute atomic E-state index is 0.0266. The molecule has 1 amide bonds. The Balaban J connectivity index is 1.47. The standard InChI is InChI=1S/C31H40N4O4S/c1-3-34(4-2)28-13-8-14-29(24-28)39-35(27-11-6-5-7-12-27)40(37,38)30-17-15-26(16-18-30)31(36)33-21-9-10-25-19-22-32-23-20-25/h5-8,11-18,24-25,32H,3-4,9-10,19-23H2,1-2H3,(H,33,36). The first-order valence-electron chi connectivity index (χ1n) is 14.1. The average molecular weight is 565 g/mol. The molecule has 9 heteroatoms. The smallest absolute Gasteiger partial charge is 0.295 e. The van der Waals surface area contributed by atoms with Crippen molar-refractivity contribution in [3.8, 4) is 5.75 Å². The van der Waals surface area contributed by atoms with Crippen molar-refractivity contribution in [3.63, 3.8) is 0 Å². The van der Waals surface area contributed by atoms with Gasteiger partial charge in [0.25, 0.3) is 15.9 Å². The molecular weight excluding hydrogens is 524 g/mol. The minimum Gasteiger partial charge on any atom is -0.372 e. The average Bonchev–Trinajstić information content (AvgIpc) is 3.00. The number of hydrogen-bond donors (Lipinski definition) is 2. The third-order valence-electron chi connectivity index (χ3n) is 7.27. The van der Waals surface area contributed by atoms with E-state index in [1.165, 1.54) is 25.0 Å². The Morgan fingerprint density at radius 2 is 1.60 bits per heavy atom. The second-order valence-corrected chi connectivity index (χ2v) is 11.7. The number of rotatable bonds is 13. The van der Waals surface area contributed by atoms with E-state index in [0.29, 0.717) is 23.5 Å². The molecule has 0 spiro atoms. The Labute approximate surface area is 238 Å². The Morgan fingerprint density at radius 1 is 0.925 bits per heavy atom. The Bertz CT molecular complexity index is 1320. The zero-order chi connectivity index (χ0) is 28.4. The Morgan fingerprint density at radius 3 is 2.27 bits per heavy atom. The lowest BCUT2D eigenvalue weighted by Crippen LogP contribution is -2.34. The van der Waals surface area contributed by atoms with Crippen LogP contribution in [0.1, 0.15) is 49.9 Å². The highest BCUT2D eigenvalue weighted by Gasteiger charge is 2.28. The number of hydrogen-bond acceptors (Lipinski definition) is 6. The van der Waals surface area contributed by atoms with E-state index in [2.05, 4.69) is 29.4 Å². The molecule has 4 rings (SSSR count). The van der Waals surface area contributed by atoms with Crippen molar-refractivity contribution < 1.29 is 18.0 Å². The third kappa shape index (κ3) is 7.55. The van der Waals surface area contributed by atoms with E-state index in [9.17, 15) is 13.2 Å². The number of piperidine rings is 1. The number of benzene rings is 3. The molecule has 214 valence electrons. The van der Waals surface area contributed by atoms with E-state index in [1.54, 1.807) is 42.5 Å². The van der Waals surface area contributed by atoms with Gasteiger partial charge in [0.05, 0.1) is 10.6 Å². The number of sulfonamides is 1. The normalized spacial score (nSPS) is 13.9. The summed E-state index contributed by atoms with van der Waals surface area (Å²) in [5.41, 5.74) is 1.73. The van der Waals surface area contributed by atoms with Gasteiger partial charge in [0, 0.05) is 37.0 Å². The molecule has 0 aliphatic carbocycles. The Hall–Kier alpha value is -3.56. The van der Waals surface area contributed by atoms with Gasteiger partial charge in [0.2, 0.25) is 0 Å². The number of para-hydroxylation sites is 1. The summed E-state index contributed by atoms with van der Waals surface area (Å²) in [6, 6.07) is 22.0. The first kappa shape index (κ1) is 29.4. The van der Waals surface area contributed by atoms with Crippen LogP contribution in [-0.2, 0) is 10.0 Å². The molecule has 0 radical (unpaired) electrons. The van der Waals surface area contributed by atoms with Gasteiger partial charge in [0.15, 0.2) is 5.75 Å². The molecule has 0 saturated carbocycles. The Kier molecular flexibility index (Phi) is 10.4. The number of carbonyl (C=O) groups excluding carboxylic acids is 1. The molecule has 1 fully saturated rings. The molecule has 1 heterocycles. The van der Waals surface area contributed by atoms with Crippen LogP contribution in [0.15, 0.2) is 83.8 Å². The minimum atomic E-state index is -4.11. The monoisotopic (exact) mass is 564 g/mol. The number of nitrogens with zero attached hydrogens (tertiary/aromatic N) is 2. The lowest BCUT2D eigenvalue weighted by Gasteiger charge is -2.25. The maximum Gasteiger partial charge on any atom is 0.295 e. The highest BCUT2D eigenvalue weighted by atomic mass is 32.2. The van der Waals surface area contributed by atoms with E-state index in [-0.39, 0.29) is 10.8 Å². The van der Waals surface area contributed by atoms with Crippen LogP contribution in [0.25, 0.3) is 0 Å². The summed E-state index contributed by atoms with van der Waals surface area (Å²) in [4.78, 5) is 20.9. The number of nitrogens with one attached hydrogen (secondary N) is 2. The fraction of sp³-hybridized carbons (Fsp3) is 0.387. The van der Waals surface area contributed by atoms with Crippen LogP contribution in [-0.4, -0.2) is 47.0 Å². The zero-order valence-corrected chi connectivity index (χ0v) is 24.2. The van der Waals surface area contributed by atoms with Crippen molar-refractivity contribution in [2.45, 2.75) is 44.4 Å². The van der Waals surface area contributed by atoms with Crippen LogP contribution in [0.3, 0.4) is 0 Å². The number of carbonyl (C=O) groups is 1. The van der Waals surface area contributed by atoms with Crippen LogP contribution >= 0.6 is 0 Å². The fourth-order valence-corrected chi connectivity index (χ4v) is 6.21. The van der Waals surface area contributed by atoms with E-state index >= 15 is 0 Å². The summed E-state index contributed by atoms with van der Waals surface area (Å²) >= 11 is 0. The molecule has 40 heavy (non-hydrogen) atoms. The third-order valence-corrected chi connectivity index (χ3v) is 8.86. The summed E-state index contributed by atoms with van der Waals surface area (Å²) in [5, 5.41) is 6.33. The predicted octanol–water partition coefficient (Wildman–Crippen LogP) is 5.23. The molecule has 0 atom stereocenters. The van der Waals surface area contributed by atoms with Crippen molar-refractivity contribution >= 4 is 27.3 Å². The zero-order valence-electron chi connectivity index (χ0n) is 23.4. The van der Waals surface area contributed by atoms with Gasteiger partial charge < -0.3 is 20.4 Å². The molecule has 0 unspecified atom stereocenters. The summed E-state index contributed by atoms with van der Waals surface area (Å²) in [5.74, 6) is 0.910. The second-order valence-electron chi connectivity index (χ2n) is 9.94. The van der Waals surface area contributed by atoms with Gasteiger partial charge in [-0.1, -0.05) is 28.7 Å². The largest absolute Gasteiger partial charge is 0.372 e.